The number of rotatable bonds is 10. The van der Waals surface area contributed by atoms with E-state index in [-0.39, 0.29) is 0 Å². The molecule has 1 atom stereocenters. The van der Waals surface area contributed by atoms with Crippen LogP contribution in [0.1, 0.15) is 13.3 Å². The van der Waals surface area contributed by atoms with Gasteiger partial charge in [-0.05, 0) is 27.4 Å². The van der Waals surface area contributed by atoms with Crippen molar-refractivity contribution >= 4 is 0 Å². The molecule has 0 bridgehead atoms. The molecule has 0 aliphatic heterocycles. The minimum absolute atomic E-state index is 0.516. The second-order valence-corrected chi connectivity index (χ2v) is 4.08. The van der Waals surface area contributed by atoms with Crippen LogP contribution in [0, 0.1) is 0 Å². The van der Waals surface area contributed by atoms with Crippen LogP contribution in [-0.4, -0.2) is 65.1 Å². The molecule has 0 heterocycles. The van der Waals surface area contributed by atoms with Crippen LogP contribution in [0.15, 0.2) is 0 Å². The van der Waals surface area contributed by atoms with Gasteiger partial charge in [-0.15, -0.1) is 0 Å². The quantitative estimate of drug-likeness (QED) is 0.544. The van der Waals surface area contributed by atoms with E-state index in [2.05, 4.69) is 31.2 Å². The number of methoxy groups -OCH3 is 1. The van der Waals surface area contributed by atoms with Crippen LogP contribution < -0.4 is 5.32 Å². The summed E-state index contributed by atoms with van der Waals surface area (Å²) in [5, 5.41) is 3.41. The minimum atomic E-state index is 0.516. The summed E-state index contributed by atoms with van der Waals surface area (Å²) in [5.74, 6) is 0. The van der Waals surface area contributed by atoms with Crippen LogP contribution in [0.2, 0.25) is 0 Å². The number of ether oxygens (including phenoxy) is 2. The van der Waals surface area contributed by atoms with E-state index in [1.807, 2.05) is 0 Å². The fourth-order valence-corrected chi connectivity index (χ4v) is 1.40. The summed E-state index contributed by atoms with van der Waals surface area (Å²) in [6.45, 7) is 6.51. The first-order valence-corrected chi connectivity index (χ1v) is 5.61. The molecule has 1 unspecified atom stereocenters. The van der Waals surface area contributed by atoms with E-state index in [0.717, 1.165) is 39.3 Å². The SMILES string of the molecule is COCCCOCCNC(C)CN(C)C. The maximum Gasteiger partial charge on any atom is 0.0591 e. The Kier molecular flexibility index (Phi) is 10.3. The highest BCUT2D eigenvalue weighted by Crippen LogP contribution is 1.86. The van der Waals surface area contributed by atoms with E-state index in [0.29, 0.717) is 6.04 Å². The van der Waals surface area contributed by atoms with E-state index in [9.17, 15) is 0 Å². The second-order valence-electron chi connectivity index (χ2n) is 4.08. The van der Waals surface area contributed by atoms with Gasteiger partial charge in [-0.2, -0.15) is 0 Å². The molecule has 1 N–H and O–H groups in total. The van der Waals surface area contributed by atoms with Gasteiger partial charge in [0.15, 0.2) is 0 Å². The minimum Gasteiger partial charge on any atom is -0.385 e. The molecule has 0 aromatic carbocycles. The highest BCUT2D eigenvalue weighted by Gasteiger charge is 2.01. The van der Waals surface area contributed by atoms with Gasteiger partial charge in [-0.25, -0.2) is 0 Å². The van der Waals surface area contributed by atoms with Gasteiger partial charge in [0.2, 0.25) is 0 Å². The largest absolute Gasteiger partial charge is 0.385 e. The first-order chi connectivity index (χ1) is 7.16. The molecule has 0 saturated heterocycles. The van der Waals surface area contributed by atoms with E-state index < -0.39 is 0 Å². The molecule has 0 amide bonds. The van der Waals surface area contributed by atoms with Crippen LogP contribution in [0.5, 0.6) is 0 Å². The van der Waals surface area contributed by atoms with Gasteiger partial charge in [0.1, 0.15) is 0 Å². The summed E-state index contributed by atoms with van der Waals surface area (Å²) in [5.41, 5.74) is 0. The molecular weight excluding hydrogens is 192 g/mol. The number of hydrogen-bond donors (Lipinski definition) is 1. The average Bonchev–Trinajstić information content (AvgIpc) is 2.15. The summed E-state index contributed by atoms with van der Waals surface area (Å²) in [7, 11) is 5.88. The standard InChI is InChI=1S/C11H26N2O2/c1-11(10-13(2)3)12-6-9-15-8-5-7-14-4/h11-12H,5-10H2,1-4H3. The Labute approximate surface area is 93.9 Å². The Morgan fingerprint density at radius 1 is 1.20 bits per heavy atom. The van der Waals surface area contributed by atoms with Crippen molar-refractivity contribution in [3.05, 3.63) is 0 Å². The fraction of sp³-hybridized carbons (Fsp3) is 1.00. The lowest BCUT2D eigenvalue weighted by molar-refractivity contribution is 0.103. The Balaban J connectivity index is 3.09. The van der Waals surface area contributed by atoms with Crippen LogP contribution >= 0.6 is 0 Å². The fourth-order valence-electron chi connectivity index (χ4n) is 1.40. The summed E-state index contributed by atoms with van der Waals surface area (Å²) in [6.07, 6.45) is 0.976. The molecule has 92 valence electrons. The van der Waals surface area contributed by atoms with E-state index in [4.69, 9.17) is 9.47 Å². The first kappa shape index (κ1) is 14.8. The summed E-state index contributed by atoms with van der Waals surface area (Å²) >= 11 is 0. The van der Waals surface area contributed by atoms with E-state index in [1.165, 1.54) is 0 Å². The monoisotopic (exact) mass is 218 g/mol. The molecule has 0 aliphatic carbocycles. The Bertz CT molecular complexity index is 132. The molecule has 4 heteroatoms. The number of hydrogen-bond acceptors (Lipinski definition) is 4. The van der Waals surface area contributed by atoms with Gasteiger partial charge in [0, 0.05) is 39.5 Å². The third kappa shape index (κ3) is 11.8. The molecule has 0 fully saturated rings. The predicted molar refractivity (Wildman–Crippen MR) is 63.3 cm³/mol. The zero-order valence-electron chi connectivity index (χ0n) is 10.6. The smallest absolute Gasteiger partial charge is 0.0591 e. The zero-order valence-corrected chi connectivity index (χ0v) is 10.6. The lowest BCUT2D eigenvalue weighted by Gasteiger charge is -2.18. The molecule has 4 nitrogen and oxygen atoms in total. The van der Waals surface area contributed by atoms with Gasteiger partial charge in [-0.1, -0.05) is 0 Å². The van der Waals surface area contributed by atoms with Crippen molar-refractivity contribution in [2.75, 3.05) is 54.1 Å². The lowest BCUT2D eigenvalue weighted by Crippen LogP contribution is -2.37. The first-order valence-electron chi connectivity index (χ1n) is 5.61. The third-order valence-corrected chi connectivity index (χ3v) is 2.02. The van der Waals surface area contributed by atoms with Crippen molar-refractivity contribution < 1.29 is 9.47 Å². The number of nitrogens with one attached hydrogen (secondary N) is 1. The highest BCUT2D eigenvalue weighted by atomic mass is 16.5. The molecule has 0 saturated carbocycles. The predicted octanol–water partition coefficient (Wildman–Crippen LogP) is 0.579. The number of nitrogens with zero attached hydrogens (tertiary/aromatic N) is 1. The maximum atomic E-state index is 5.43. The number of likely N-dealkylation sites (N-methyl/N-ethyl adjacent to an activating group) is 1. The van der Waals surface area contributed by atoms with Gasteiger partial charge in [0.05, 0.1) is 6.61 Å². The summed E-state index contributed by atoms with van der Waals surface area (Å²) in [4.78, 5) is 2.18. The molecule has 0 radical (unpaired) electrons. The van der Waals surface area contributed by atoms with Crippen molar-refractivity contribution in [3.63, 3.8) is 0 Å². The highest BCUT2D eigenvalue weighted by molar-refractivity contribution is 4.62. The van der Waals surface area contributed by atoms with Crippen molar-refractivity contribution in [1.82, 2.24) is 10.2 Å². The van der Waals surface area contributed by atoms with Gasteiger partial charge < -0.3 is 19.7 Å². The second kappa shape index (κ2) is 10.4. The maximum absolute atomic E-state index is 5.43. The van der Waals surface area contributed by atoms with Crippen molar-refractivity contribution in [1.29, 1.82) is 0 Å². The van der Waals surface area contributed by atoms with Gasteiger partial charge in [0.25, 0.3) is 0 Å². The van der Waals surface area contributed by atoms with Crippen molar-refractivity contribution in [3.8, 4) is 0 Å². The summed E-state index contributed by atoms with van der Waals surface area (Å²) < 4.78 is 10.4. The van der Waals surface area contributed by atoms with Crippen LogP contribution in [-0.2, 0) is 9.47 Å². The molecule has 0 aromatic heterocycles. The van der Waals surface area contributed by atoms with Crippen LogP contribution in [0.25, 0.3) is 0 Å². The molecule has 0 rings (SSSR count). The van der Waals surface area contributed by atoms with Gasteiger partial charge in [-0.3, -0.25) is 0 Å². The Hall–Kier alpha value is -0.160. The van der Waals surface area contributed by atoms with Crippen LogP contribution in [0.3, 0.4) is 0 Å². The molecule has 0 aromatic rings. The zero-order chi connectivity index (χ0) is 11.5. The van der Waals surface area contributed by atoms with E-state index >= 15 is 0 Å². The van der Waals surface area contributed by atoms with Gasteiger partial charge >= 0.3 is 0 Å². The molecular formula is C11H26N2O2. The molecule has 0 spiro atoms. The van der Waals surface area contributed by atoms with E-state index in [1.54, 1.807) is 7.11 Å². The van der Waals surface area contributed by atoms with Crippen molar-refractivity contribution in [2.24, 2.45) is 0 Å². The topological polar surface area (TPSA) is 33.7 Å². The average molecular weight is 218 g/mol. The Morgan fingerprint density at radius 3 is 2.53 bits per heavy atom. The molecule has 0 aliphatic rings. The van der Waals surface area contributed by atoms with Crippen LogP contribution in [0.4, 0.5) is 0 Å². The molecule has 15 heavy (non-hydrogen) atoms. The third-order valence-electron chi connectivity index (χ3n) is 2.02. The lowest BCUT2D eigenvalue weighted by atomic mass is 10.3. The summed E-state index contributed by atoms with van der Waals surface area (Å²) in [6, 6.07) is 0.516. The normalized spacial score (nSPS) is 13.4. The van der Waals surface area contributed by atoms with Crippen molar-refractivity contribution in [2.45, 2.75) is 19.4 Å². The Morgan fingerprint density at radius 2 is 1.93 bits per heavy atom.